The molecule has 4 nitrogen and oxygen atoms in total. The lowest BCUT2D eigenvalue weighted by Crippen LogP contribution is -2.25. The van der Waals surface area contributed by atoms with Crippen LogP contribution in [0.4, 0.5) is 10.1 Å². The fraction of sp³-hybridized carbons (Fsp3) is 0.286. The first-order valence-electron chi connectivity index (χ1n) is 8.81. The largest absolute Gasteiger partial charge is 0.464 e. The van der Waals surface area contributed by atoms with Crippen LogP contribution in [0.1, 0.15) is 27.8 Å². The smallest absolute Gasteiger partial charge is 0.229 e. The van der Waals surface area contributed by atoms with Gasteiger partial charge in [-0.15, -0.1) is 0 Å². The predicted octanol–water partition coefficient (Wildman–Crippen LogP) is 4.02. The second-order valence-electron chi connectivity index (χ2n) is 6.86. The number of amides is 1. The zero-order chi connectivity index (χ0) is 18.3. The number of aryl methyl sites for hydroxylation is 2. The molecule has 0 bridgehead atoms. The highest BCUT2D eigenvalue weighted by Gasteiger charge is 2.18. The van der Waals surface area contributed by atoms with Crippen LogP contribution in [0.3, 0.4) is 0 Å². The second-order valence-corrected chi connectivity index (χ2v) is 6.86. The molecule has 0 saturated carbocycles. The molecule has 3 aromatic rings. The van der Waals surface area contributed by atoms with Gasteiger partial charge < -0.3 is 15.1 Å². The van der Waals surface area contributed by atoms with Gasteiger partial charge in [0.15, 0.2) is 0 Å². The Bertz CT molecular complexity index is 1010. The standard InChI is InChI=1S/C21H21FN2O2/c1-12-3-5-17-15(11-26-21(17)13(12)2)9-19(25)24-18-6-4-14-10-23-8-7-16(14)20(18)22/h3-6,11,23H,7-10H2,1-2H3,(H,24,25). The highest BCUT2D eigenvalue weighted by atomic mass is 19.1. The Morgan fingerprint density at radius 3 is 2.96 bits per heavy atom. The zero-order valence-corrected chi connectivity index (χ0v) is 14.9. The molecule has 1 amide bonds. The van der Waals surface area contributed by atoms with Crippen LogP contribution in [0.5, 0.6) is 0 Å². The second kappa shape index (κ2) is 6.57. The molecule has 2 heterocycles. The van der Waals surface area contributed by atoms with E-state index < -0.39 is 0 Å². The van der Waals surface area contributed by atoms with Gasteiger partial charge in [0.05, 0.1) is 18.4 Å². The monoisotopic (exact) mass is 352 g/mol. The van der Waals surface area contributed by atoms with Gasteiger partial charge >= 0.3 is 0 Å². The molecule has 0 spiro atoms. The number of furan rings is 1. The molecule has 0 saturated heterocycles. The number of benzene rings is 2. The SMILES string of the molecule is Cc1ccc2c(CC(=O)Nc3ccc4c(c3F)CCNC4)coc2c1C. The first-order chi connectivity index (χ1) is 12.5. The molecule has 134 valence electrons. The fourth-order valence-corrected chi connectivity index (χ4v) is 3.52. The normalized spacial score (nSPS) is 13.7. The van der Waals surface area contributed by atoms with Gasteiger partial charge in [-0.2, -0.15) is 0 Å². The minimum atomic E-state index is -0.319. The Balaban J connectivity index is 1.56. The molecule has 0 atom stereocenters. The number of fused-ring (bicyclic) bond motifs is 2. The van der Waals surface area contributed by atoms with Crippen molar-refractivity contribution in [2.24, 2.45) is 0 Å². The van der Waals surface area contributed by atoms with Crippen LogP contribution in [0, 0.1) is 19.7 Å². The number of carbonyl (C=O) groups is 1. The molecule has 4 rings (SSSR count). The first-order valence-corrected chi connectivity index (χ1v) is 8.81. The van der Waals surface area contributed by atoms with E-state index in [1.165, 1.54) is 0 Å². The van der Waals surface area contributed by atoms with Gasteiger partial charge in [-0.25, -0.2) is 4.39 Å². The maximum atomic E-state index is 14.7. The number of carbonyl (C=O) groups excluding carboxylic acids is 1. The summed E-state index contributed by atoms with van der Waals surface area (Å²) in [5.41, 5.74) is 5.73. The molecule has 1 aliphatic heterocycles. The molecule has 2 N–H and O–H groups in total. The highest BCUT2D eigenvalue weighted by Crippen LogP contribution is 2.28. The third-order valence-electron chi connectivity index (χ3n) is 5.17. The minimum Gasteiger partial charge on any atom is -0.464 e. The van der Waals surface area contributed by atoms with E-state index in [1.54, 1.807) is 12.3 Å². The van der Waals surface area contributed by atoms with Crippen LogP contribution in [-0.4, -0.2) is 12.5 Å². The van der Waals surface area contributed by atoms with E-state index in [1.807, 2.05) is 32.0 Å². The van der Waals surface area contributed by atoms with Crippen molar-refractivity contribution in [2.75, 3.05) is 11.9 Å². The lowest BCUT2D eigenvalue weighted by atomic mass is 9.99. The number of nitrogens with one attached hydrogen (secondary N) is 2. The Kier molecular flexibility index (Phi) is 4.24. The van der Waals surface area contributed by atoms with Crippen LogP contribution >= 0.6 is 0 Å². The molecular formula is C21H21FN2O2. The summed E-state index contributed by atoms with van der Waals surface area (Å²) in [6.45, 7) is 5.45. The van der Waals surface area contributed by atoms with Crippen molar-refractivity contribution in [1.29, 1.82) is 0 Å². The van der Waals surface area contributed by atoms with E-state index in [2.05, 4.69) is 10.6 Å². The summed E-state index contributed by atoms with van der Waals surface area (Å²) >= 11 is 0. The van der Waals surface area contributed by atoms with E-state index >= 15 is 0 Å². The highest BCUT2D eigenvalue weighted by molar-refractivity contribution is 5.96. The molecule has 5 heteroatoms. The van der Waals surface area contributed by atoms with Crippen LogP contribution in [0.15, 0.2) is 34.9 Å². The maximum absolute atomic E-state index is 14.7. The molecule has 0 fully saturated rings. The van der Waals surface area contributed by atoms with Gasteiger partial charge in [-0.05, 0) is 55.1 Å². The number of rotatable bonds is 3. The predicted molar refractivity (Wildman–Crippen MR) is 99.8 cm³/mol. The molecule has 1 aliphatic rings. The fourth-order valence-electron chi connectivity index (χ4n) is 3.52. The van der Waals surface area contributed by atoms with Gasteiger partial charge in [0, 0.05) is 17.5 Å². The van der Waals surface area contributed by atoms with Crippen molar-refractivity contribution in [3.05, 3.63) is 64.2 Å². The Morgan fingerprint density at radius 1 is 1.27 bits per heavy atom. The van der Waals surface area contributed by atoms with E-state index in [0.29, 0.717) is 18.5 Å². The topological polar surface area (TPSA) is 54.3 Å². The molecule has 2 aromatic carbocycles. The van der Waals surface area contributed by atoms with Crippen molar-refractivity contribution in [2.45, 2.75) is 33.2 Å². The lowest BCUT2D eigenvalue weighted by molar-refractivity contribution is -0.115. The molecule has 1 aromatic heterocycles. The van der Waals surface area contributed by atoms with Gasteiger partial charge in [0.25, 0.3) is 0 Å². The van der Waals surface area contributed by atoms with E-state index in [0.717, 1.165) is 39.8 Å². The van der Waals surface area contributed by atoms with Crippen molar-refractivity contribution < 1.29 is 13.6 Å². The van der Waals surface area contributed by atoms with Crippen molar-refractivity contribution in [1.82, 2.24) is 5.32 Å². The quantitative estimate of drug-likeness (QED) is 0.749. The van der Waals surface area contributed by atoms with E-state index in [9.17, 15) is 9.18 Å². The molecule has 26 heavy (non-hydrogen) atoms. The number of anilines is 1. The number of halogens is 1. The van der Waals surface area contributed by atoms with Crippen molar-refractivity contribution in [3.8, 4) is 0 Å². The zero-order valence-electron chi connectivity index (χ0n) is 14.9. The third kappa shape index (κ3) is 2.88. The lowest BCUT2D eigenvalue weighted by Gasteiger charge is -2.19. The van der Waals surface area contributed by atoms with Gasteiger partial charge in [0.1, 0.15) is 11.4 Å². The summed E-state index contributed by atoms with van der Waals surface area (Å²) in [5, 5.41) is 6.86. The van der Waals surface area contributed by atoms with Crippen LogP contribution < -0.4 is 10.6 Å². The summed E-state index contributed by atoms with van der Waals surface area (Å²) in [5.74, 6) is -0.570. The Labute approximate surface area is 151 Å². The molecule has 0 radical (unpaired) electrons. The average molecular weight is 352 g/mol. The van der Waals surface area contributed by atoms with Crippen LogP contribution in [0.25, 0.3) is 11.0 Å². The van der Waals surface area contributed by atoms with Gasteiger partial charge in [-0.1, -0.05) is 18.2 Å². The van der Waals surface area contributed by atoms with Crippen LogP contribution in [-0.2, 0) is 24.2 Å². The Hall–Kier alpha value is -2.66. The third-order valence-corrected chi connectivity index (χ3v) is 5.17. The van der Waals surface area contributed by atoms with Crippen LogP contribution in [0.2, 0.25) is 0 Å². The summed E-state index contributed by atoms with van der Waals surface area (Å²) in [4.78, 5) is 12.5. The van der Waals surface area contributed by atoms with Gasteiger partial charge in [0.2, 0.25) is 5.91 Å². The first kappa shape index (κ1) is 16.8. The maximum Gasteiger partial charge on any atom is 0.229 e. The van der Waals surface area contributed by atoms with E-state index in [4.69, 9.17) is 4.42 Å². The van der Waals surface area contributed by atoms with Crippen molar-refractivity contribution in [3.63, 3.8) is 0 Å². The molecule has 0 aliphatic carbocycles. The summed E-state index contributed by atoms with van der Waals surface area (Å²) in [6, 6.07) is 7.50. The van der Waals surface area contributed by atoms with Gasteiger partial charge in [-0.3, -0.25) is 4.79 Å². The van der Waals surface area contributed by atoms with Crippen molar-refractivity contribution >= 4 is 22.6 Å². The minimum absolute atomic E-state index is 0.146. The average Bonchev–Trinajstić information content (AvgIpc) is 3.04. The number of hydrogen-bond acceptors (Lipinski definition) is 3. The molecular weight excluding hydrogens is 331 g/mol. The van der Waals surface area contributed by atoms with E-state index in [-0.39, 0.29) is 23.8 Å². The number of hydrogen-bond donors (Lipinski definition) is 2. The summed E-state index contributed by atoms with van der Waals surface area (Å²) in [7, 11) is 0. The summed E-state index contributed by atoms with van der Waals surface area (Å²) in [6.07, 6.45) is 2.40. The Morgan fingerprint density at radius 2 is 2.12 bits per heavy atom. The summed E-state index contributed by atoms with van der Waals surface area (Å²) < 4.78 is 20.3. The molecule has 0 unspecified atom stereocenters.